The number of hydrogen-bond donors (Lipinski definition) is 0. The summed E-state index contributed by atoms with van der Waals surface area (Å²) in [5, 5.41) is 5.41. The summed E-state index contributed by atoms with van der Waals surface area (Å²) in [7, 11) is 0. The average molecular weight is 930 g/mol. The normalized spacial score (nSPS) is 11.9. The molecular formula is C51H36N5OPt-3. The largest absolute Gasteiger partial charge is 0.522 e. The Morgan fingerprint density at radius 1 is 0.552 bits per heavy atom. The van der Waals surface area contributed by atoms with Gasteiger partial charge in [0.25, 0.3) is 0 Å². The fourth-order valence-electron chi connectivity index (χ4n) is 8.19. The third kappa shape index (κ3) is 5.86. The van der Waals surface area contributed by atoms with E-state index in [-0.39, 0.29) is 26.5 Å². The number of para-hydroxylation sites is 4. The van der Waals surface area contributed by atoms with Crippen LogP contribution in [-0.2, 0) is 26.5 Å². The minimum Gasteiger partial charge on any atom is -0.522 e. The average Bonchev–Trinajstić information content (AvgIpc) is 3.79. The molecule has 0 aliphatic carbocycles. The Morgan fingerprint density at radius 3 is 1.95 bits per heavy atom. The second-order valence-electron chi connectivity index (χ2n) is 15.6. The molecule has 11 rings (SSSR count). The number of hydrogen-bond acceptors (Lipinski definition) is 3. The Morgan fingerprint density at radius 2 is 1.19 bits per heavy atom. The van der Waals surface area contributed by atoms with E-state index >= 15 is 0 Å². The van der Waals surface area contributed by atoms with Crippen molar-refractivity contribution in [3.63, 3.8) is 0 Å². The van der Waals surface area contributed by atoms with E-state index in [0.29, 0.717) is 16.8 Å². The maximum absolute atomic E-state index is 6.77. The second kappa shape index (κ2) is 13.8. The van der Waals surface area contributed by atoms with Crippen molar-refractivity contribution in [2.24, 2.45) is 0 Å². The van der Waals surface area contributed by atoms with E-state index in [1.54, 1.807) is 0 Å². The molecule has 58 heavy (non-hydrogen) atoms. The Hall–Kier alpha value is -6.62. The summed E-state index contributed by atoms with van der Waals surface area (Å²) < 4.78 is 13.4. The molecule has 7 heteroatoms. The van der Waals surface area contributed by atoms with E-state index in [0.717, 1.165) is 77.3 Å². The quantitative estimate of drug-likeness (QED) is 0.154. The summed E-state index contributed by atoms with van der Waals surface area (Å²) in [5.41, 5.74) is 11.2. The van der Waals surface area contributed by atoms with Crippen molar-refractivity contribution in [3.8, 4) is 22.6 Å². The van der Waals surface area contributed by atoms with Gasteiger partial charge in [0.15, 0.2) is 0 Å². The third-order valence-corrected chi connectivity index (χ3v) is 11.0. The van der Waals surface area contributed by atoms with Crippen molar-refractivity contribution < 1.29 is 25.5 Å². The van der Waals surface area contributed by atoms with Gasteiger partial charge in [0.2, 0.25) is 0 Å². The molecule has 0 amide bonds. The topological polar surface area (TPSA) is 53.2 Å². The number of aromatic nitrogens is 5. The van der Waals surface area contributed by atoms with Crippen LogP contribution in [0.5, 0.6) is 0 Å². The van der Waals surface area contributed by atoms with E-state index in [1.165, 1.54) is 5.56 Å². The van der Waals surface area contributed by atoms with Gasteiger partial charge in [0, 0.05) is 43.9 Å². The number of nitrogens with zero attached hydrogens (tertiary/aromatic N) is 5. The van der Waals surface area contributed by atoms with Gasteiger partial charge >= 0.3 is 0 Å². The van der Waals surface area contributed by atoms with Crippen molar-refractivity contribution in [2.45, 2.75) is 26.2 Å². The van der Waals surface area contributed by atoms with Crippen molar-refractivity contribution in [3.05, 3.63) is 182 Å². The van der Waals surface area contributed by atoms with Gasteiger partial charge in [-0.05, 0) is 84.7 Å². The molecule has 6 aromatic carbocycles. The number of pyridine rings is 2. The molecule has 0 fully saturated rings. The van der Waals surface area contributed by atoms with Gasteiger partial charge in [0.05, 0.1) is 5.52 Å². The first-order chi connectivity index (χ1) is 27.9. The summed E-state index contributed by atoms with van der Waals surface area (Å²) in [6.07, 6.45) is 2.11. The summed E-state index contributed by atoms with van der Waals surface area (Å²) in [4.78, 5) is 10.7. The third-order valence-electron chi connectivity index (χ3n) is 11.0. The molecule has 0 saturated carbocycles. The minimum atomic E-state index is -0.157. The molecule has 0 N–H and O–H groups in total. The Balaban J connectivity index is 0.00000408. The van der Waals surface area contributed by atoms with Crippen LogP contribution in [0.4, 0.5) is 0 Å². The van der Waals surface area contributed by atoms with E-state index in [2.05, 4.69) is 180 Å². The van der Waals surface area contributed by atoms with Crippen molar-refractivity contribution in [1.29, 1.82) is 0 Å². The molecule has 0 atom stereocenters. The summed E-state index contributed by atoms with van der Waals surface area (Å²) in [6.45, 7) is 6.78. The van der Waals surface area contributed by atoms with Crippen LogP contribution in [0.3, 0.4) is 0 Å². The molecule has 0 unspecified atom stereocenters. The van der Waals surface area contributed by atoms with E-state index in [9.17, 15) is 0 Å². The van der Waals surface area contributed by atoms with Crippen molar-refractivity contribution in [2.75, 3.05) is 0 Å². The van der Waals surface area contributed by atoms with Gasteiger partial charge in [-0.15, -0.1) is 23.6 Å². The minimum absolute atomic E-state index is 0. The molecule has 8 bridgehead atoms. The van der Waals surface area contributed by atoms with Gasteiger partial charge in [-0.25, -0.2) is 11.1 Å². The molecule has 10 aromatic rings. The van der Waals surface area contributed by atoms with Crippen LogP contribution in [0, 0.1) is 12.1 Å². The van der Waals surface area contributed by atoms with Crippen LogP contribution >= 0.6 is 0 Å². The molecule has 4 aromatic heterocycles. The summed E-state index contributed by atoms with van der Waals surface area (Å²) in [5.74, 6) is 0. The maximum atomic E-state index is 6.77. The first kappa shape index (κ1) is 35.8. The Labute approximate surface area is 349 Å². The number of rotatable bonds is 1. The van der Waals surface area contributed by atoms with Crippen LogP contribution in [0.25, 0.3) is 94.1 Å². The van der Waals surface area contributed by atoms with Crippen molar-refractivity contribution >= 4 is 71.5 Å². The van der Waals surface area contributed by atoms with Gasteiger partial charge in [0.1, 0.15) is 5.65 Å². The predicted octanol–water partition coefficient (Wildman–Crippen LogP) is 12.8. The number of fused-ring (bicyclic) bond motifs is 20. The fourth-order valence-corrected chi connectivity index (χ4v) is 8.19. The molecule has 1 aliphatic rings. The van der Waals surface area contributed by atoms with Crippen LogP contribution < -0.4 is 0 Å². The predicted molar refractivity (Wildman–Crippen MR) is 233 cm³/mol. The molecule has 0 saturated heterocycles. The van der Waals surface area contributed by atoms with Gasteiger partial charge in [-0.1, -0.05) is 148 Å². The standard InChI is InChI=1S/C51H36N5O.Pt/c1-51(2,3)34-27-43-38-18-8-7-17-37(38)39-19-9-11-21-44(39)54-32-55(47-24-14-13-23-46(47)54)49-31-36(29-42(52-49)33-15-5-4-6-16-33)57-35-25-26-41-40-20-10-12-22-45(40)56(48(41)30-35)50(28-34)53-43;/h4-29,32H,1-3H3;/q-3;. The molecule has 5 heterocycles. The fraction of sp³-hybridized carbons (Fsp3) is 0.0784. The molecule has 0 spiro atoms. The molecule has 0 radical (unpaired) electrons. The maximum Gasteiger partial charge on any atom is 0.136 e. The summed E-state index contributed by atoms with van der Waals surface area (Å²) in [6, 6.07) is 62.1. The smallest absolute Gasteiger partial charge is 0.136 e. The first-order valence-electron chi connectivity index (χ1n) is 19.2. The zero-order chi connectivity index (χ0) is 38.3. The molecule has 1 aliphatic heterocycles. The Kier molecular flexibility index (Phi) is 8.50. The van der Waals surface area contributed by atoms with Crippen LogP contribution in [0.2, 0.25) is 0 Å². The van der Waals surface area contributed by atoms with Gasteiger partial charge in [-0.3, -0.25) is 0 Å². The van der Waals surface area contributed by atoms with Crippen molar-refractivity contribution in [1.82, 2.24) is 23.5 Å². The second-order valence-corrected chi connectivity index (χ2v) is 15.6. The van der Waals surface area contributed by atoms with E-state index in [1.807, 2.05) is 30.3 Å². The van der Waals surface area contributed by atoms with E-state index < -0.39 is 0 Å². The Bertz CT molecular complexity index is 3460. The SMILES string of the molecule is CC(C)(C)c1cc2nc(c1)n1c3[c-]c(ccc3c3ccccc31)oc1[c-]c(nc(-c3ccccc3)c1)n1[cH-]n(c3ccccc3c3ccccc23)-c2ccccc2-1.[Pt]. The number of imidazole rings is 1. The van der Waals surface area contributed by atoms with Crippen LogP contribution in [-0.4, -0.2) is 23.5 Å². The summed E-state index contributed by atoms with van der Waals surface area (Å²) >= 11 is 0. The monoisotopic (exact) mass is 929 g/mol. The zero-order valence-electron chi connectivity index (χ0n) is 32.0. The van der Waals surface area contributed by atoms with Gasteiger partial charge in [-0.2, -0.15) is 6.07 Å². The van der Waals surface area contributed by atoms with E-state index in [4.69, 9.17) is 14.4 Å². The van der Waals surface area contributed by atoms with Crippen LogP contribution in [0.1, 0.15) is 26.3 Å². The van der Waals surface area contributed by atoms with Gasteiger partial charge < -0.3 is 22.9 Å². The molecule has 6 nitrogen and oxygen atoms in total. The zero-order valence-corrected chi connectivity index (χ0v) is 34.3. The number of benzene rings is 6. The first-order valence-corrected chi connectivity index (χ1v) is 19.2. The molecule has 284 valence electrons. The molecular weight excluding hydrogens is 894 g/mol. The van der Waals surface area contributed by atoms with Crippen LogP contribution in [0.15, 0.2) is 168 Å².